The number of fused-ring (bicyclic) bond motifs is 2. The van der Waals surface area contributed by atoms with Crippen LogP contribution in [0, 0.1) is 29.4 Å². The molecule has 0 bridgehead atoms. The van der Waals surface area contributed by atoms with E-state index in [1.807, 2.05) is 0 Å². The third-order valence-corrected chi connectivity index (χ3v) is 5.35. The van der Waals surface area contributed by atoms with E-state index in [1.165, 1.54) is 18.2 Å². The summed E-state index contributed by atoms with van der Waals surface area (Å²) in [4.78, 5) is 17.3. The number of aromatic nitrogens is 1. The van der Waals surface area contributed by atoms with E-state index in [1.54, 1.807) is 4.90 Å². The van der Waals surface area contributed by atoms with Crippen molar-refractivity contribution in [2.45, 2.75) is 25.0 Å². The molecule has 0 unspecified atom stereocenters. The summed E-state index contributed by atoms with van der Waals surface area (Å²) in [6.07, 6.45) is 2.65. The first kappa shape index (κ1) is 19.3. The van der Waals surface area contributed by atoms with Gasteiger partial charge in [-0.3, -0.25) is 4.79 Å². The van der Waals surface area contributed by atoms with E-state index in [2.05, 4.69) is 4.98 Å². The molecule has 1 aromatic carbocycles. The molecule has 0 N–H and O–H groups in total. The summed E-state index contributed by atoms with van der Waals surface area (Å²) in [5.41, 5.74) is 0.857. The van der Waals surface area contributed by atoms with Crippen molar-refractivity contribution < 1.29 is 36.6 Å². The molecule has 1 saturated carbocycles. The van der Waals surface area contributed by atoms with E-state index < -0.39 is 35.1 Å². The van der Waals surface area contributed by atoms with Crippen molar-refractivity contribution in [3.8, 4) is 11.5 Å². The van der Waals surface area contributed by atoms with Gasteiger partial charge in [0.15, 0.2) is 0 Å². The normalized spacial score (nSPS) is 20.0. The molecular formula is C20H16F4N2O4. The first-order valence-electron chi connectivity index (χ1n) is 9.53. The topological polar surface area (TPSA) is 60.9 Å². The van der Waals surface area contributed by atoms with Gasteiger partial charge in [-0.15, -0.1) is 0 Å². The van der Waals surface area contributed by atoms with Crippen LogP contribution in [-0.2, 0) is 20.1 Å². The van der Waals surface area contributed by atoms with Crippen molar-refractivity contribution in [1.82, 2.24) is 4.98 Å². The van der Waals surface area contributed by atoms with Crippen LogP contribution in [0.2, 0.25) is 0 Å². The lowest BCUT2D eigenvalue weighted by Crippen LogP contribution is -2.47. The summed E-state index contributed by atoms with van der Waals surface area (Å²) in [7, 11) is 0. The van der Waals surface area contributed by atoms with E-state index in [-0.39, 0.29) is 24.9 Å². The van der Waals surface area contributed by atoms with Crippen LogP contribution >= 0.6 is 0 Å². The number of nitrogens with zero attached hydrogens (tertiary/aromatic N) is 2. The number of anilines is 1. The molecule has 10 heteroatoms. The molecule has 3 aliphatic rings. The molecule has 1 aromatic heterocycles. The van der Waals surface area contributed by atoms with Crippen molar-refractivity contribution in [3.05, 3.63) is 47.3 Å². The molecule has 5 rings (SSSR count). The number of halogens is 4. The lowest BCUT2D eigenvalue weighted by atomic mass is 10.1. The third-order valence-electron chi connectivity index (χ3n) is 5.35. The Bertz CT molecular complexity index is 1010. The summed E-state index contributed by atoms with van der Waals surface area (Å²) >= 11 is 0. The molecule has 6 nitrogen and oxygen atoms in total. The van der Waals surface area contributed by atoms with Gasteiger partial charge in [0.1, 0.15) is 5.75 Å². The Morgan fingerprint density at radius 3 is 2.40 bits per heavy atom. The van der Waals surface area contributed by atoms with Crippen LogP contribution in [0.5, 0.6) is 11.5 Å². The van der Waals surface area contributed by atoms with E-state index in [9.17, 15) is 22.4 Å². The molecule has 1 amide bonds. The molecule has 1 saturated heterocycles. The molecule has 0 radical (unpaired) electrons. The highest BCUT2D eigenvalue weighted by Crippen LogP contribution is 2.48. The Kier molecular flexibility index (Phi) is 4.44. The quantitative estimate of drug-likeness (QED) is 0.552. The molecule has 2 aliphatic heterocycles. The summed E-state index contributed by atoms with van der Waals surface area (Å²) in [6, 6.07) is 4.22. The number of hydrogen-bond acceptors (Lipinski definition) is 5. The van der Waals surface area contributed by atoms with Crippen molar-refractivity contribution in [2.75, 3.05) is 24.7 Å². The molecule has 3 heterocycles. The number of benzene rings is 1. The van der Waals surface area contributed by atoms with Gasteiger partial charge in [-0.2, -0.15) is 22.5 Å². The molecule has 1 aliphatic carbocycles. The lowest BCUT2D eigenvalue weighted by Gasteiger charge is -2.32. The predicted molar refractivity (Wildman–Crippen MR) is 93.9 cm³/mol. The van der Waals surface area contributed by atoms with Gasteiger partial charge in [-0.1, -0.05) is 0 Å². The minimum atomic E-state index is -1.83. The van der Waals surface area contributed by atoms with Gasteiger partial charge in [-0.05, 0) is 43.4 Å². The maximum absolute atomic E-state index is 13.9. The second-order valence-electron chi connectivity index (χ2n) is 7.46. The number of pyridine rings is 1. The van der Waals surface area contributed by atoms with Crippen molar-refractivity contribution in [2.24, 2.45) is 5.92 Å². The molecule has 1 spiro atoms. The number of amides is 1. The standard InChI is InChI=1S/C20H16F4N2O4/c21-14-16(15(22)18(24)25-17(14)23)30-11-4-5-13-12(8-11)20(28-6-1-7-29-20)19(27)26(13)9-10-2-3-10/h4-5,8,10H,1-3,6-7,9H2. The third kappa shape index (κ3) is 2.93. The average molecular weight is 424 g/mol. The maximum atomic E-state index is 13.9. The van der Waals surface area contributed by atoms with Crippen molar-refractivity contribution in [1.29, 1.82) is 0 Å². The SMILES string of the molecule is O=C1N(CC2CC2)c2ccc(Oc3c(F)c(F)nc(F)c3F)cc2C12OCCCO2. The molecule has 2 fully saturated rings. The van der Waals surface area contributed by atoms with Crippen LogP contribution in [0.4, 0.5) is 23.2 Å². The minimum Gasteiger partial charge on any atom is -0.451 e. The minimum absolute atomic E-state index is 0.144. The zero-order valence-electron chi connectivity index (χ0n) is 15.6. The Labute approximate surface area is 168 Å². The van der Waals surface area contributed by atoms with E-state index in [0.717, 1.165) is 12.8 Å². The first-order chi connectivity index (χ1) is 14.4. The van der Waals surface area contributed by atoms with E-state index in [4.69, 9.17) is 14.2 Å². The second-order valence-corrected chi connectivity index (χ2v) is 7.46. The Morgan fingerprint density at radius 2 is 1.77 bits per heavy atom. The van der Waals surface area contributed by atoms with E-state index in [0.29, 0.717) is 30.1 Å². The van der Waals surface area contributed by atoms with Gasteiger partial charge in [0.05, 0.1) is 18.9 Å². The summed E-state index contributed by atoms with van der Waals surface area (Å²) in [5.74, 6) is -10.2. The summed E-state index contributed by atoms with van der Waals surface area (Å²) in [5, 5.41) is 0. The summed E-state index contributed by atoms with van der Waals surface area (Å²) < 4.78 is 71.3. The molecular weight excluding hydrogens is 408 g/mol. The fourth-order valence-electron chi connectivity index (χ4n) is 3.71. The van der Waals surface area contributed by atoms with Crippen LogP contribution in [-0.4, -0.2) is 30.6 Å². The number of ether oxygens (including phenoxy) is 3. The number of hydrogen-bond donors (Lipinski definition) is 0. The van der Waals surface area contributed by atoms with Crippen LogP contribution in [0.1, 0.15) is 24.8 Å². The highest BCUT2D eigenvalue weighted by Gasteiger charge is 2.55. The Balaban J connectivity index is 1.56. The van der Waals surface area contributed by atoms with Gasteiger partial charge in [0, 0.05) is 12.1 Å². The zero-order valence-corrected chi connectivity index (χ0v) is 15.6. The predicted octanol–water partition coefficient (Wildman–Crippen LogP) is 3.78. The summed E-state index contributed by atoms with van der Waals surface area (Å²) in [6.45, 7) is 1.08. The molecule has 0 atom stereocenters. The molecule has 30 heavy (non-hydrogen) atoms. The van der Waals surface area contributed by atoms with Crippen LogP contribution in [0.25, 0.3) is 0 Å². The van der Waals surface area contributed by atoms with Crippen molar-refractivity contribution in [3.63, 3.8) is 0 Å². The number of carbonyl (C=O) groups is 1. The van der Waals surface area contributed by atoms with Gasteiger partial charge in [0.2, 0.25) is 17.4 Å². The van der Waals surface area contributed by atoms with Gasteiger partial charge >= 0.3 is 0 Å². The van der Waals surface area contributed by atoms with Crippen LogP contribution in [0.3, 0.4) is 0 Å². The highest BCUT2D eigenvalue weighted by molar-refractivity contribution is 6.06. The molecule has 2 aromatic rings. The Hall–Kier alpha value is -2.72. The number of carbonyl (C=O) groups excluding carboxylic acids is 1. The van der Waals surface area contributed by atoms with Crippen molar-refractivity contribution >= 4 is 11.6 Å². The molecule has 158 valence electrons. The fourth-order valence-corrected chi connectivity index (χ4v) is 3.71. The van der Waals surface area contributed by atoms with E-state index >= 15 is 0 Å². The van der Waals surface area contributed by atoms with Gasteiger partial charge in [0.25, 0.3) is 23.6 Å². The van der Waals surface area contributed by atoms with Crippen LogP contribution < -0.4 is 9.64 Å². The smallest absolute Gasteiger partial charge is 0.292 e. The highest BCUT2D eigenvalue weighted by atomic mass is 19.2. The van der Waals surface area contributed by atoms with Crippen LogP contribution in [0.15, 0.2) is 18.2 Å². The monoisotopic (exact) mass is 424 g/mol. The first-order valence-corrected chi connectivity index (χ1v) is 9.53. The van der Waals surface area contributed by atoms with Gasteiger partial charge < -0.3 is 19.1 Å². The second kappa shape index (κ2) is 6.92. The maximum Gasteiger partial charge on any atom is 0.292 e. The number of rotatable bonds is 4. The largest absolute Gasteiger partial charge is 0.451 e. The average Bonchev–Trinajstić information content (AvgIpc) is 3.55. The fraction of sp³-hybridized carbons (Fsp3) is 0.400. The Morgan fingerprint density at radius 1 is 1.10 bits per heavy atom. The zero-order chi connectivity index (χ0) is 21.0. The van der Waals surface area contributed by atoms with Gasteiger partial charge in [-0.25, -0.2) is 0 Å². The lowest BCUT2D eigenvalue weighted by molar-refractivity contribution is -0.256.